The van der Waals surface area contributed by atoms with Crippen LogP contribution in [-0.4, -0.2) is 49.6 Å². The number of sulfonamides is 1. The first kappa shape index (κ1) is 15.7. The molecule has 0 amide bonds. The molecular formula is C12H14INO5S. The van der Waals surface area contributed by atoms with Crippen molar-refractivity contribution in [3.8, 4) is 0 Å². The first-order valence-corrected chi connectivity index (χ1v) is 8.41. The lowest BCUT2D eigenvalue weighted by Crippen LogP contribution is -2.40. The minimum atomic E-state index is -3.82. The summed E-state index contributed by atoms with van der Waals surface area (Å²) in [6, 6.07) is 5.23. The van der Waals surface area contributed by atoms with Gasteiger partial charge in [-0.2, -0.15) is 4.31 Å². The van der Waals surface area contributed by atoms with Crippen LogP contribution in [0.2, 0.25) is 0 Å². The first-order valence-electron chi connectivity index (χ1n) is 5.89. The number of carboxylic acids is 1. The van der Waals surface area contributed by atoms with E-state index in [1.165, 1.54) is 19.2 Å². The number of carboxylic acid groups (broad SMARTS) is 1. The summed E-state index contributed by atoms with van der Waals surface area (Å²) < 4.78 is 32.1. The molecular weight excluding hydrogens is 397 g/mol. The van der Waals surface area contributed by atoms with E-state index in [1.54, 1.807) is 12.1 Å². The van der Waals surface area contributed by atoms with E-state index in [-0.39, 0.29) is 17.9 Å². The summed E-state index contributed by atoms with van der Waals surface area (Å²) >= 11 is 2.07. The van der Waals surface area contributed by atoms with Crippen molar-refractivity contribution in [2.45, 2.75) is 23.5 Å². The minimum Gasteiger partial charge on any atom is -0.480 e. The third-order valence-corrected chi connectivity index (χ3v) is 5.86. The third kappa shape index (κ3) is 2.97. The normalized spacial score (nSPS) is 23.9. The van der Waals surface area contributed by atoms with Crippen molar-refractivity contribution >= 4 is 38.6 Å². The van der Waals surface area contributed by atoms with Gasteiger partial charge in [-0.25, -0.2) is 8.42 Å². The second-order valence-corrected chi connectivity index (χ2v) is 7.61. The van der Waals surface area contributed by atoms with Crippen molar-refractivity contribution in [3.05, 3.63) is 27.8 Å². The van der Waals surface area contributed by atoms with Gasteiger partial charge in [-0.05, 0) is 46.9 Å². The molecule has 0 aliphatic carbocycles. The highest BCUT2D eigenvalue weighted by Crippen LogP contribution is 2.28. The molecule has 1 aromatic rings. The topological polar surface area (TPSA) is 83.9 Å². The Morgan fingerprint density at radius 1 is 1.40 bits per heavy atom. The van der Waals surface area contributed by atoms with Gasteiger partial charge in [0.15, 0.2) is 0 Å². The molecule has 110 valence electrons. The zero-order chi connectivity index (χ0) is 14.9. The fourth-order valence-electron chi connectivity index (χ4n) is 2.17. The maximum atomic E-state index is 12.5. The molecule has 6 nitrogen and oxygen atoms in total. The van der Waals surface area contributed by atoms with Crippen LogP contribution in [0.5, 0.6) is 0 Å². The zero-order valence-electron chi connectivity index (χ0n) is 10.7. The number of hydrogen-bond acceptors (Lipinski definition) is 4. The van der Waals surface area contributed by atoms with Crippen LogP contribution < -0.4 is 0 Å². The van der Waals surface area contributed by atoms with Crippen LogP contribution in [0.4, 0.5) is 0 Å². The van der Waals surface area contributed by atoms with Gasteiger partial charge in [-0.15, -0.1) is 0 Å². The van der Waals surface area contributed by atoms with Crippen LogP contribution in [0.3, 0.4) is 0 Å². The Balaban J connectivity index is 2.37. The molecule has 0 radical (unpaired) electrons. The maximum absolute atomic E-state index is 12.5. The van der Waals surface area contributed by atoms with Gasteiger partial charge in [-0.1, -0.05) is 0 Å². The van der Waals surface area contributed by atoms with E-state index in [0.29, 0.717) is 0 Å². The number of ether oxygens (including phenoxy) is 1. The summed E-state index contributed by atoms with van der Waals surface area (Å²) in [5, 5.41) is 9.19. The summed E-state index contributed by atoms with van der Waals surface area (Å²) in [6.45, 7) is 0.0573. The molecule has 20 heavy (non-hydrogen) atoms. The standard InChI is InChI=1S/C12H14INO5S/c1-19-9-6-11(12(15)16)14(7-9)20(17,18)10-4-2-8(13)3-5-10/h2-5,9,11H,6-7H2,1H3,(H,15,16). The predicted molar refractivity (Wildman–Crippen MR) is 79.9 cm³/mol. The van der Waals surface area contributed by atoms with E-state index in [0.717, 1.165) is 7.88 Å². The van der Waals surface area contributed by atoms with Crippen LogP contribution in [0, 0.1) is 3.57 Å². The van der Waals surface area contributed by atoms with Crippen LogP contribution in [0.25, 0.3) is 0 Å². The second kappa shape index (κ2) is 5.96. The number of aliphatic carboxylic acids is 1. The van der Waals surface area contributed by atoms with Gasteiger partial charge in [-0.3, -0.25) is 4.79 Å². The van der Waals surface area contributed by atoms with Crippen molar-refractivity contribution in [2.24, 2.45) is 0 Å². The van der Waals surface area contributed by atoms with Gasteiger partial charge in [0.1, 0.15) is 6.04 Å². The highest BCUT2D eigenvalue weighted by atomic mass is 127. The van der Waals surface area contributed by atoms with Gasteiger partial charge in [0.25, 0.3) is 0 Å². The van der Waals surface area contributed by atoms with Crippen LogP contribution >= 0.6 is 22.6 Å². The van der Waals surface area contributed by atoms with E-state index < -0.39 is 28.1 Å². The molecule has 2 rings (SSSR count). The Labute approximate surface area is 130 Å². The number of halogens is 1. The molecule has 1 aliphatic rings. The molecule has 2 atom stereocenters. The van der Waals surface area contributed by atoms with E-state index in [2.05, 4.69) is 22.6 Å². The van der Waals surface area contributed by atoms with Crippen molar-refractivity contribution in [1.29, 1.82) is 0 Å². The SMILES string of the molecule is COC1CC(C(=O)O)N(S(=O)(=O)c2ccc(I)cc2)C1. The molecule has 1 aliphatic heterocycles. The van der Waals surface area contributed by atoms with E-state index in [9.17, 15) is 18.3 Å². The Morgan fingerprint density at radius 3 is 2.50 bits per heavy atom. The maximum Gasteiger partial charge on any atom is 0.322 e. The molecule has 1 fully saturated rings. The van der Waals surface area contributed by atoms with Crippen LogP contribution in [0.1, 0.15) is 6.42 Å². The summed E-state index contributed by atoms with van der Waals surface area (Å²) in [5.41, 5.74) is 0. The van der Waals surface area contributed by atoms with Crippen molar-refractivity contribution in [1.82, 2.24) is 4.31 Å². The molecule has 1 heterocycles. The monoisotopic (exact) mass is 411 g/mol. The molecule has 8 heteroatoms. The van der Waals surface area contributed by atoms with Gasteiger partial charge in [0.2, 0.25) is 10.0 Å². The lowest BCUT2D eigenvalue weighted by molar-refractivity contribution is -0.140. The van der Waals surface area contributed by atoms with E-state index in [1.807, 2.05) is 0 Å². The van der Waals surface area contributed by atoms with Gasteiger partial charge in [0.05, 0.1) is 11.0 Å². The van der Waals surface area contributed by atoms with Crippen LogP contribution in [0.15, 0.2) is 29.2 Å². The average Bonchev–Trinajstić information content (AvgIpc) is 2.84. The van der Waals surface area contributed by atoms with E-state index >= 15 is 0 Å². The number of hydrogen-bond donors (Lipinski definition) is 1. The zero-order valence-corrected chi connectivity index (χ0v) is 13.7. The van der Waals surface area contributed by atoms with Crippen molar-refractivity contribution < 1.29 is 23.1 Å². The minimum absolute atomic E-state index is 0.0573. The lowest BCUT2D eigenvalue weighted by atomic mass is 10.2. The molecule has 1 aromatic carbocycles. The number of benzene rings is 1. The fraction of sp³-hybridized carbons (Fsp3) is 0.417. The molecule has 1 N–H and O–H groups in total. The highest BCUT2D eigenvalue weighted by molar-refractivity contribution is 14.1. The quantitative estimate of drug-likeness (QED) is 0.752. The summed E-state index contributed by atoms with van der Waals surface area (Å²) in [6.07, 6.45) is -0.232. The van der Waals surface area contributed by atoms with Gasteiger partial charge >= 0.3 is 5.97 Å². The van der Waals surface area contributed by atoms with E-state index in [4.69, 9.17) is 4.74 Å². The Morgan fingerprint density at radius 2 is 2.00 bits per heavy atom. The highest BCUT2D eigenvalue weighted by Gasteiger charge is 2.44. The molecule has 0 saturated carbocycles. The Bertz CT molecular complexity index is 601. The van der Waals surface area contributed by atoms with Crippen LogP contribution in [-0.2, 0) is 19.6 Å². The molecule has 0 spiro atoms. The third-order valence-electron chi connectivity index (χ3n) is 3.26. The number of carbonyl (C=O) groups is 1. The number of rotatable bonds is 4. The number of methoxy groups -OCH3 is 1. The summed E-state index contributed by atoms with van der Waals surface area (Å²) in [5.74, 6) is -1.15. The Kier molecular flexibility index (Phi) is 4.67. The average molecular weight is 411 g/mol. The molecule has 1 saturated heterocycles. The molecule has 0 aromatic heterocycles. The van der Waals surface area contributed by atoms with Crippen molar-refractivity contribution in [3.63, 3.8) is 0 Å². The summed E-state index contributed by atoms with van der Waals surface area (Å²) in [4.78, 5) is 11.3. The first-order chi connectivity index (χ1) is 9.36. The predicted octanol–water partition coefficient (Wildman–Crippen LogP) is 1.15. The Hall–Kier alpha value is -0.710. The van der Waals surface area contributed by atoms with Gasteiger partial charge in [0, 0.05) is 23.6 Å². The fourth-order valence-corrected chi connectivity index (χ4v) is 4.16. The molecule has 2 unspecified atom stereocenters. The molecule has 0 bridgehead atoms. The van der Waals surface area contributed by atoms with Crippen molar-refractivity contribution in [2.75, 3.05) is 13.7 Å². The number of nitrogens with zero attached hydrogens (tertiary/aromatic N) is 1. The summed E-state index contributed by atoms with van der Waals surface area (Å²) in [7, 11) is -2.37. The largest absolute Gasteiger partial charge is 0.480 e. The lowest BCUT2D eigenvalue weighted by Gasteiger charge is -2.20. The second-order valence-electron chi connectivity index (χ2n) is 4.48. The van der Waals surface area contributed by atoms with Gasteiger partial charge < -0.3 is 9.84 Å². The smallest absolute Gasteiger partial charge is 0.322 e.